The van der Waals surface area contributed by atoms with Crippen molar-refractivity contribution in [2.24, 2.45) is 7.05 Å². The van der Waals surface area contributed by atoms with Gasteiger partial charge in [0.1, 0.15) is 0 Å². The van der Waals surface area contributed by atoms with E-state index < -0.39 is 0 Å². The number of rotatable bonds is 1. The lowest BCUT2D eigenvalue weighted by Gasteiger charge is -2.02. The van der Waals surface area contributed by atoms with Gasteiger partial charge in [0.15, 0.2) is 0 Å². The maximum absolute atomic E-state index is 4.42. The molecule has 0 saturated carbocycles. The lowest BCUT2D eigenvalue weighted by molar-refractivity contribution is 0.731. The Balaban J connectivity index is 2.63. The molecule has 78 valence electrons. The molecule has 0 unspecified atom stereocenters. The van der Waals surface area contributed by atoms with Gasteiger partial charge in [-0.25, -0.2) is 0 Å². The van der Waals surface area contributed by atoms with Gasteiger partial charge in [-0.1, -0.05) is 28.1 Å². The monoisotopic (exact) mass is 264 g/mol. The number of nitrogens with zero attached hydrogens (tertiary/aromatic N) is 2. The molecule has 0 bridgehead atoms. The van der Waals surface area contributed by atoms with Gasteiger partial charge in [-0.3, -0.25) is 4.68 Å². The molecule has 1 aromatic heterocycles. The molecule has 0 aliphatic carbocycles. The summed E-state index contributed by atoms with van der Waals surface area (Å²) in [6.07, 6.45) is 0. The zero-order valence-electron chi connectivity index (χ0n) is 9.08. The van der Waals surface area contributed by atoms with Crippen molar-refractivity contribution in [3.63, 3.8) is 0 Å². The summed E-state index contributed by atoms with van der Waals surface area (Å²) < 4.78 is 3.02. The molecule has 0 spiro atoms. The van der Waals surface area contributed by atoms with Gasteiger partial charge in [0.2, 0.25) is 0 Å². The normalized spacial score (nSPS) is 10.7. The zero-order chi connectivity index (χ0) is 11.0. The van der Waals surface area contributed by atoms with Crippen LogP contribution in [0.25, 0.3) is 11.1 Å². The van der Waals surface area contributed by atoms with Gasteiger partial charge in [-0.05, 0) is 31.5 Å². The van der Waals surface area contributed by atoms with Crippen LogP contribution >= 0.6 is 15.9 Å². The molecule has 3 heteroatoms. The molecule has 1 heterocycles. The molecule has 0 saturated heterocycles. The van der Waals surface area contributed by atoms with Gasteiger partial charge in [0.25, 0.3) is 0 Å². The number of aromatic nitrogens is 2. The summed E-state index contributed by atoms with van der Waals surface area (Å²) >= 11 is 3.49. The van der Waals surface area contributed by atoms with Crippen molar-refractivity contribution in [2.75, 3.05) is 0 Å². The van der Waals surface area contributed by atoms with Gasteiger partial charge in [-0.2, -0.15) is 5.10 Å². The van der Waals surface area contributed by atoms with Gasteiger partial charge < -0.3 is 0 Å². The number of halogens is 1. The van der Waals surface area contributed by atoms with Crippen LogP contribution in [0, 0.1) is 13.8 Å². The molecule has 0 aliphatic rings. The van der Waals surface area contributed by atoms with Crippen molar-refractivity contribution in [3.05, 3.63) is 40.1 Å². The molecule has 0 fully saturated rings. The molecule has 0 amide bonds. The van der Waals surface area contributed by atoms with Crippen LogP contribution < -0.4 is 0 Å². The molecule has 15 heavy (non-hydrogen) atoms. The predicted molar refractivity (Wildman–Crippen MR) is 65.8 cm³/mol. The van der Waals surface area contributed by atoms with E-state index in [1.54, 1.807) is 0 Å². The largest absolute Gasteiger partial charge is 0.272 e. The summed E-state index contributed by atoms with van der Waals surface area (Å²) in [5, 5.41) is 4.42. The van der Waals surface area contributed by atoms with Crippen LogP contribution in [0.15, 0.2) is 28.7 Å². The maximum atomic E-state index is 4.42. The number of hydrogen-bond donors (Lipinski definition) is 0. The number of aryl methyl sites for hydroxylation is 2. The van der Waals surface area contributed by atoms with E-state index in [4.69, 9.17) is 0 Å². The average molecular weight is 265 g/mol. The van der Waals surface area contributed by atoms with Crippen LogP contribution in [-0.4, -0.2) is 9.78 Å². The summed E-state index contributed by atoms with van der Waals surface area (Å²) in [4.78, 5) is 0. The first-order chi connectivity index (χ1) is 7.09. The Bertz CT molecular complexity index is 500. The van der Waals surface area contributed by atoms with Crippen molar-refractivity contribution >= 4 is 15.9 Å². The topological polar surface area (TPSA) is 17.8 Å². The molecule has 2 aromatic rings. The molecular weight excluding hydrogens is 252 g/mol. The Hall–Kier alpha value is -1.09. The lowest BCUT2D eigenvalue weighted by Crippen LogP contribution is -1.92. The third-order valence-electron chi connectivity index (χ3n) is 2.62. The Morgan fingerprint density at radius 3 is 2.53 bits per heavy atom. The first-order valence-corrected chi connectivity index (χ1v) is 5.65. The van der Waals surface area contributed by atoms with Gasteiger partial charge in [0, 0.05) is 22.8 Å². The molecule has 0 radical (unpaired) electrons. The molecule has 2 rings (SSSR count). The van der Waals surface area contributed by atoms with E-state index in [1.165, 1.54) is 16.8 Å². The molecule has 2 nitrogen and oxygen atoms in total. The fourth-order valence-corrected chi connectivity index (χ4v) is 2.23. The first kappa shape index (κ1) is 10.4. The highest BCUT2D eigenvalue weighted by Crippen LogP contribution is 2.28. The molecule has 0 N–H and O–H groups in total. The van der Waals surface area contributed by atoms with Crippen LogP contribution in [0.3, 0.4) is 0 Å². The second-order valence-electron chi connectivity index (χ2n) is 3.68. The van der Waals surface area contributed by atoms with Crippen LogP contribution in [0.4, 0.5) is 0 Å². The highest BCUT2D eigenvalue weighted by molar-refractivity contribution is 9.10. The van der Waals surface area contributed by atoms with Crippen molar-refractivity contribution in [2.45, 2.75) is 13.8 Å². The van der Waals surface area contributed by atoms with Gasteiger partial charge >= 0.3 is 0 Å². The van der Waals surface area contributed by atoms with Gasteiger partial charge in [0.05, 0.1) is 5.69 Å². The summed E-state index contributed by atoms with van der Waals surface area (Å²) in [5.74, 6) is 0. The Kier molecular flexibility index (Phi) is 2.65. The highest BCUT2D eigenvalue weighted by Gasteiger charge is 2.11. The minimum atomic E-state index is 1.08. The number of hydrogen-bond acceptors (Lipinski definition) is 1. The molecule has 0 atom stereocenters. The summed E-state index contributed by atoms with van der Waals surface area (Å²) in [6, 6.07) is 8.31. The lowest BCUT2D eigenvalue weighted by atomic mass is 10.0. The molecule has 1 aromatic carbocycles. The van der Waals surface area contributed by atoms with Crippen LogP contribution in [0.5, 0.6) is 0 Å². The van der Waals surface area contributed by atoms with Crippen molar-refractivity contribution in [1.82, 2.24) is 9.78 Å². The second-order valence-corrected chi connectivity index (χ2v) is 4.60. The fourth-order valence-electron chi connectivity index (χ4n) is 1.84. The summed E-state index contributed by atoms with van der Waals surface area (Å²) in [7, 11) is 1.98. The van der Waals surface area contributed by atoms with Crippen LogP contribution in [0.1, 0.15) is 11.4 Å². The van der Waals surface area contributed by atoms with E-state index in [1.807, 2.05) is 30.8 Å². The standard InChI is InChI=1S/C12H13BrN2/c1-8-12(9(2)15(3)14-8)10-5-4-6-11(13)7-10/h4-7H,1-3H3. The smallest absolute Gasteiger partial charge is 0.0674 e. The third kappa shape index (κ3) is 1.84. The van der Waals surface area contributed by atoms with Crippen molar-refractivity contribution < 1.29 is 0 Å². The van der Waals surface area contributed by atoms with E-state index >= 15 is 0 Å². The average Bonchev–Trinajstić information content (AvgIpc) is 2.41. The maximum Gasteiger partial charge on any atom is 0.0674 e. The molecule has 0 aliphatic heterocycles. The minimum Gasteiger partial charge on any atom is -0.272 e. The second kappa shape index (κ2) is 3.81. The Morgan fingerprint density at radius 1 is 1.27 bits per heavy atom. The van der Waals surface area contributed by atoms with Crippen LogP contribution in [-0.2, 0) is 7.05 Å². The van der Waals surface area contributed by atoms with E-state index in [-0.39, 0.29) is 0 Å². The number of benzene rings is 1. The predicted octanol–water partition coefficient (Wildman–Crippen LogP) is 3.47. The summed E-state index contributed by atoms with van der Waals surface area (Å²) in [5.41, 5.74) is 4.73. The molecular formula is C12H13BrN2. The fraction of sp³-hybridized carbons (Fsp3) is 0.250. The summed E-state index contributed by atoms with van der Waals surface area (Å²) in [6.45, 7) is 4.14. The Labute approximate surface area is 98.1 Å². The quantitative estimate of drug-likeness (QED) is 0.772. The van der Waals surface area contributed by atoms with E-state index in [2.05, 4.69) is 40.1 Å². The Morgan fingerprint density at radius 2 is 2.00 bits per heavy atom. The van der Waals surface area contributed by atoms with Crippen molar-refractivity contribution in [3.8, 4) is 11.1 Å². The van der Waals surface area contributed by atoms with E-state index in [0.717, 1.165) is 10.2 Å². The van der Waals surface area contributed by atoms with Crippen molar-refractivity contribution in [1.29, 1.82) is 0 Å². The van der Waals surface area contributed by atoms with E-state index in [0.29, 0.717) is 0 Å². The van der Waals surface area contributed by atoms with Crippen LogP contribution in [0.2, 0.25) is 0 Å². The SMILES string of the molecule is Cc1nn(C)c(C)c1-c1cccc(Br)c1. The highest BCUT2D eigenvalue weighted by atomic mass is 79.9. The van der Waals surface area contributed by atoms with E-state index in [9.17, 15) is 0 Å². The third-order valence-corrected chi connectivity index (χ3v) is 3.12. The first-order valence-electron chi connectivity index (χ1n) is 4.85. The minimum absolute atomic E-state index is 1.08. The van der Waals surface area contributed by atoms with Gasteiger partial charge in [-0.15, -0.1) is 0 Å². The zero-order valence-corrected chi connectivity index (χ0v) is 10.7.